The summed E-state index contributed by atoms with van der Waals surface area (Å²) < 4.78 is 61.7. The minimum Gasteiger partial charge on any atom is -0.381 e. The molecule has 0 fully saturated rings. The third-order valence-corrected chi connectivity index (χ3v) is 3.14. The van der Waals surface area contributed by atoms with Crippen LogP contribution >= 0.6 is 0 Å². The Morgan fingerprint density at radius 2 is 2.06 bits per heavy atom. The molecule has 0 aromatic heterocycles. The lowest BCUT2D eigenvalue weighted by molar-refractivity contribution is -0.0528. The van der Waals surface area contributed by atoms with Gasteiger partial charge in [-0.3, -0.25) is 0 Å². The molecule has 8 heteroatoms. The van der Waals surface area contributed by atoms with Crippen molar-refractivity contribution in [3.8, 4) is 0 Å². The number of rotatable bonds is 2. The molecule has 0 saturated carbocycles. The fraction of sp³-hybridized carbons (Fsp3) is 0.750. The maximum Gasteiger partial charge on any atom is 0.534 e. The third kappa shape index (κ3) is 2.88. The second-order valence-electron chi connectivity index (χ2n) is 3.71. The normalized spacial score (nSPS) is 24.1. The van der Waals surface area contributed by atoms with Gasteiger partial charge in [-0.05, 0) is 13.1 Å². The fourth-order valence-corrected chi connectivity index (χ4v) is 1.95. The Morgan fingerprint density at radius 3 is 2.50 bits per heavy atom. The van der Waals surface area contributed by atoms with Crippen LogP contribution in [-0.4, -0.2) is 39.0 Å². The Labute approximate surface area is 91.8 Å². The van der Waals surface area contributed by atoms with Crippen molar-refractivity contribution < 1.29 is 25.8 Å². The Hall–Kier alpha value is -0.760. The summed E-state index contributed by atoms with van der Waals surface area (Å²) in [5.74, 6) is -0.522. The molecule has 16 heavy (non-hydrogen) atoms. The van der Waals surface area contributed by atoms with Crippen molar-refractivity contribution in [3.63, 3.8) is 0 Å². The van der Waals surface area contributed by atoms with Gasteiger partial charge < -0.3 is 9.08 Å². The van der Waals surface area contributed by atoms with E-state index in [4.69, 9.17) is 0 Å². The zero-order valence-corrected chi connectivity index (χ0v) is 9.60. The van der Waals surface area contributed by atoms with E-state index in [1.54, 1.807) is 14.0 Å². The summed E-state index contributed by atoms with van der Waals surface area (Å²) in [5.41, 5.74) is -5.38. The van der Waals surface area contributed by atoms with Gasteiger partial charge in [-0.25, -0.2) is 0 Å². The number of hydrogen-bond donors (Lipinski definition) is 0. The Kier molecular flexibility index (Phi) is 3.53. The molecule has 0 bridgehead atoms. The van der Waals surface area contributed by atoms with Crippen LogP contribution in [0.5, 0.6) is 0 Å². The molecule has 4 nitrogen and oxygen atoms in total. The Bertz CT molecular complexity index is 388. The summed E-state index contributed by atoms with van der Waals surface area (Å²) >= 11 is 0. The lowest BCUT2D eigenvalue weighted by Crippen LogP contribution is -2.33. The van der Waals surface area contributed by atoms with E-state index in [9.17, 15) is 21.6 Å². The first kappa shape index (κ1) is 13.3. The molecule has 0 spiro atoms. The van der Waals surface area contributed by atoms with Crippen molar-refractivity contribution in [1.29, 1.82) is 0 Å². The summed E-state index contributed by atoms with van der Waals surface area (Å²) in [6.07, 6.45) is 1.34. The smallest absolute Gasteiger partial charge is 0.381 e. The molecule has 0 aliphatic carbocycles. The van der Waals surface area contributed by atoms with E-state index in [1.165, 1.54) is 6.08 Å². The molecule has 0 aromatic rings. The van der Waals surface area contributed by atoms with Crippen LogP contribution in [-0.2, 0) is 14.3 Å². The first-order valence-corrected chi connectivity index (χ1v) is 5.93. The SMILES string of the molecule is CC1CN(C)CC=C1OS(=O)(=O)C(F)(F)F. The highest BCUT2D eigenvalue weighted by Gasteiger charge is 2.49. The molecule has 94 valence electrons. The van der Waals surface area contributed by atoms with Crippen LogP contribution in [0, 0.1) is 5.92 Å². The van der Waals surface area contributed by atoms with Gasteiger partial charge >= 0.3 is 15.6 Å². The predicted octanol–water partition coefficient (Wildman–Crippen LogP) is 1.32. The van der Waals surface area contributed by atoms with Gasteiger partial charge in [0.1, 0.15) is 5.76 Å². The van der Waals surface area contributed by atoms with Crippen LogP contribution in [0.4, 0.5) is 13.2 Å². The first-order chi connectivity index (χ1) is 7.13. The number of halogens is 3. The summed E-state index contributed by atoms with van der Waals surface area (Å²) in [6, 6.07) is 0. The molecular weight excluding hydrogens is 247 g/mol. The van der Waals surface area contributed by atoms with Crippen LogP contribution in [0.15, 0.2) is 11.8 Å². The summed E-state index contributed by atoms with van der Waals surface area (Å²) in [7, 11) is -3.75. The zero-order chi connectivity index (χ0) is 12.6. The molecule has 0 amide bonds. The van der Waals surface area contributed by atoms with Crippen LogP contribution < -0.4 is 0 Å². The highest BCUT2D eigenvalue weighted by Crippen LogP contribution is 2.29. The van der Waals surface area contributed by atoms with E-state index < -0.39 is 15.6 Å². The number of hydrogen-bond acceptors (Lipinski definition) is 4. The van der Waals surface area contributed by atoms with Gasteiger partial charge in [0, 0.05) is 19.0 Å². The molecule has 0 radical (unpaired) electrons. The fourth-order valence-electron chi connectivity index (χ4n) is 1.37. The molecule has 1 rings (SSSR count). The van der Waals surface area contributed by atoms with Crippen molar-refractivity contribution in [1.82, 2.24) is 4.90 Å². The van der Waals surface area contributed by atoms with Gasteiger partial charge in [0.25, 0.3) is 0 Å². The van der Waals surface area contributed by atoms with E-state index >= 15 is 0 Å². The monoisotopic (exact) mass is 259 g/mol. The van der Waals surface area contributed by atoms with E-state index in [1.807, 2.05) is 4.90 Å². The summed E-state index contributed by atoms with van der Waals surface area (Å²) in [4.78, 5) is 1.84. The van der Waals surface area contributed by atoms with Crippen molar-refractivity contribution in [3.05, 3.63) is 11.8 Å². The molecule has 1 atom stereocenters. The van der Waals surface area contributed by atoms with Crippen molar-refractivity contribution in [2.45, 2.75) is 12.4 Å². The van der Waals surface area contributed by atoms with Crippen molar-refractivity contribution in [2.75, 3.05) is 20.1 Å². The molecule has 1 aliphatic rings. The number of likely N-dealkylation sites (N-methyl/N-ethyl adjacent to an activating group) is 1. The maximum atomic E-state index is 12.0. The third-order valence-electron chi connectivity index (χ3n) is 2.16. The van der Waals surface area contributed by atoms with Crippen LogP contribution in [0.1, 0.15) is 6.92 Å². The van der Waals surface area contributed by atoms with Crippen molar-refractivity contribution in [2.24, 2.45) is 5.92 Å². The zero-order valence-electron chi connectivity index (χ0n) is 8.78. The standard InChI is InChI=1S/C8H12F3NO3S/c1-6-5-12(2)4-3-7(6)15-16(13,14)8(9,10)11/h3,6H,4-5H2,1-2H3. The lowest BCUT2D eigenvalue weighted by Gasteiger charge is -2.27. The van der Waals surface area contributed by atoms with Gasteiger partial charge in [-0.2, -0.15) is 21.6 Å². The second kappa shape index (κ2) is 4.25. The average Bonchev–Trinajstić information content (AvgIpc) is 2.08. The lowest BCUT2D eigenvalue weighted by atomic mass is 10.1. The number of nitrogens with zero attached hydrogens (tertiary/aromatic N) is 1. The number of alkyl halides is 3. The summed E-state index contributed by atoms with van der Waals surface area (Å²) in [6.45, 7) is 2.43. The van der Waals surface area contributed by atoms with Gasteiger partial charge in [-0.15, -0.1) is 0 Å². The minimum atomic E-state index is -5.53. The molecule has 0 saturated heterocycles. The topological polar surface area (TPSA) is 46.6 Å². The Balaban J connectivity index is 2.83. The van der Waals surface area contributed by atoms with Gasteiger partial charge in [-0.1, -0.05) is 6.92 Å². The highest BCUT2D eigenvalue weighted by atomic mass is 32.2. The van der Waals surface area contributed by atoms with Crippen molar-refractivity contribution >= 4 is 10.1 Å². The predicted molar refractivity (Wildman–Crippen MR) is 50.8 cm³/mol. The molecule has 0 aromatic carbocycles. The van der Waals surface area contributed by atoms with Crippen LogP contribution in [0.25, 0.3) is 0 Å². The molecule has 0 N–H and O–H groups in total. The summed E-state index contributed by atoms with van der Waals surface area (Å²) in [5, 5.41) is 0. The maximum absolute atomic E-state index is 12.0. The highest BCUT2D eigenvalue weighted by molar-refractivity contribution is 7.87. The van der Waals surface area contributed by atoms with Crippen LogP contribution in [0.2, 0.25) is 0 Å². The van der Waals surface area contributed by atoms with Gasteiger partial charge in [0.05, 0.1) is 0 Å². The minimum absolute atomic E-state index is 0.143. The molecule has 1 unspecified atom stereocenters. The largest absolute Gasteiger partial charge is 0.534 e. The van der Waals surface area contributed by atoms with Crippen LogP contribution in [0.3, 0.4) is 0 Å². The van der Waals surface area contributed by atoms with Gasteiger partial charge in [0.15, 0.2) is 0 Å². The van der Waals surface area contributed by atoms with E-state index in [-0.39, 0.29) is 11.7 Å². The second-order valence-corrected chi connectivity index (χ2v) is 5.25. The van der Waals surface area contributed by atoms with E-state index in [0.717, 1.165) is 0 Å². The molecule has 1 heterocycles. The average molecular weight is 259 g/mol. The first-order valence-electron chi connectivity index (χ1n) is 4.53. The molecule has 1 aliphatic heterocycles. The van der Waals surface area contributed by atoms with E-state index in [0.29, 0.717) is 13.1 Å². The van der Waals surface area contributed by atoms with Gasteiger partial charge in [0.2, 0.25) is 0 Å². The van der Waals surface area contributed by atoms with E-state index in [2.05, 4.69) is 4.18 Å². The quantitative estimate of drug-likeness (QED) is 0.554. The molecular formula is C8H12F3NO3S. The Morgan fingerprint density at radius 1 is 1.50 bits per heavy atom.